The fourth-order valence-electron chi connectivity index (χ4n) is 4.12. The van der Waals surface area contributed by atoms with Gasteiger partial charge in [-0.2, -0.15) is 0 Å². The van der Waals surface area contributed by atoms with Crippen molar-refractivity contribution in [2.45, 2.75) is 24.9 Å². The number of carbonyl (C=O) groups excluding carboxylic acids is 3. The lowest BCUT2D eigenvalue weighted by atomic mass is 10.0. The Morgan fingerprint density at radius 2 is 2.24 bits per heavy atom. The van der Waals surface area contributed by atoms with Gasteiger partial charge in [-0.15, -0.1) is 27.7 Å². The zero-order valence-electron chi connectivity index (χ0n) is 19.3. The molecule has 2 amide bonds. The summed E-state index contributed by atoms with van der Waals surface area (Å²) in [7, 11) is 0. The van der Waals surface area contributed by atoms with Crippen molar-refractivity contribution in [3.05, 3.63) is 58.2 Å². The van der Waals surface area contributed by atoms with E-state index in [1.807, 2.05) is 16.8 Å². The van der Waals surface area contributed by atoms with Crippen LogP contribution in [0.2, 0.25) is 5.15 Å². The molecule has 4 aliphatic heterocycles. The van der Waals surface area contributed by atoms with Gasteiger partial charge in [0.15, 0.2) is 17.0 Å². The summed E-state index contributed by atoms with van der Waals surface area (Å²) in [6.45, 7) is 2.16. The molecule has 12 nitrogen and oxygen atoms in total. The quantitative estimate of drug-likeness (QED) is 0.165. The number of nitrogens with one attached hydrogen (secondary N) is 1. The lowest BCUT2D eigenvalue weighted by Gasteiger charge is -2.50. The molecule has 0 aromatic carbocycles. The molecular formula is C22H20ClN7O5S2. The molecule has 0 spiro atoms. The normalized spacial score (nSPS) is 19.6. The maximum Gasteiger partial charge on any atom is 0.281 e. The predicted molar refractivity (Wildman–Crippen MR) is 134 cm³/mol. The summed E-state index contributed by atoms with van der Waals surface area (Å²) in [4.78, 5) is 48.4. The standard InChI is InChI=1S/C22H20ClN7O5S2/c1-2-35-27-15(13-10-37-22(24)25-13)18(31)26-16-19(32)30-17(21(33)34)11(9-36-20(16)30)7-28-5-6-29-12(8-28)3-4-14(29)23/h3-6,8,10,16,20H,2,7,9H2,1H3,(H3-,24,25,26,31,33,34)/b27-15-/t16-,20-/m1/s1. The summed E-state index contributed by atoms with van der Waals surface area (Å²) >= 11 is 8.61. The summed E-state index contributed by atoms with van der Waals surface area (Å²) in [5.74, 6) is -2.37. The number of rotatable bonds is 8. The molecule has 5 rings (SSSR count). The number of nitrogen functional groups attached to an aromatic ring is 1. The van der Waals surface area contributed by atoms with Gasteiger partial charge in [-0.25, -0.2) is 4.98 Å². The lowest BCUT2D eigenvalue weighted by molar-refractivity contribution is -0.591. The van der Waals surface area contributed by atoms with Crippen LogP contribution in [0.3, 0.4) is 0 Å². The summed E-state index contributed by atoms with van der Waals surface area (Å²) in [6.07, 6.45) is 5.36. The molecule has 5 heterocycles. The van der Waals surface area contributed by atoms with Crippen molar-refractivity contribution in [2.75, 3.05) is 18.1 Å². The largest absolute Gasteiger partial charge is 0.543 e. The molecule has 0 saturated carbocycles. The van der Waals surface area contributed by atoms with E-state index in [0.29, 0.717) is 16.5 Å². The number of thiazole rings is 1. The second kappa shape index (κ2) is 10.0. The van der Waals surface area contributed by atoms with E-state index in [1.54, 1.807) is 35.3 Å². The number of hydrogen-bond acceptors (Lipinski definition) is 10. The molecule has 0 radical (unpaired) electrons. The third kappa shape index (κ3) is 4.63. The van der Waals surface area contributed by atoms with Crippen LogP contribution < -0.4 is 20.7 Å². The number of anilines is 1. The zero-order chi connectivity index (χ0) is 26.3. The lowest BCUT2D eigenvalue weighted by Crippen LogP contribution is -2.71. The average molecular weight is 562 g/mol. The second-order valence-corrected chi connectivity index (χ2v) is 10.5. The van der Waals surface area contributed by atoms with Crippen molar-refractivity contribution in [3.8, 4) is 5.69 Å². The van der Waals surface area contributed by atoms with Gasteiger partial charge in [0.05, 0.1) is 24.1 Å². The first-order chi connectivity index (χ1) is 17.8. The van der Waals surface area contributed by atoms with Gasteiger partial charge in [-0.1, -0.05) is 5.16 Å². The average Bonchev–Trinajstić information content (AvgIpc) is 3.47. The van der Waals surface area contributed by atoms with Crippen molar-refractivity contribution >= 4 is 63.3 Å². The van der Waals surface area contributed by atoms with Crippen LogP contribution in [-0.4, -0.2) is 61.7 Å². The number of aromatic nitrogens is 3. The molecule has 15 heteroatoms. The number of carbonyl (C=O) groups is 3. The minimum Gasteiger partial charge on any atom is -0.543 e. The number of thioether (sulfide) groups is 1. The highest BCUT2D eigenvalue weighted by molar-refractivity contribution is 8.00. The molecule has 1 aromatic rings. The molecule has 4 aliphatic rings. The highest BCUT2D eigenvalue weighted by Gasteiger charge is 2.53. The Hall–Kier alpha value is -3.62. The SMILES string of the molecule is CCO/N=C(\C(=O)N[C@@H]1C(=O)N2C(C(=O)[O-])=C(Cn3cc[n+]4c(Cl)ccc-4c3)CS[C@H]12)c1csc(N)n1. The van der Waals surface area contributed by atoms with Crippen molar-refractivity contribution in [1.29, 1.82) is 0 Å². The van der Waals surface area contributed by atoms with E-state index in [4.69, 9.17) is 22.2 Å². The summed E-state index contributed by atoms with van der Waals surface area (Å²) in [5, 5.41) is 20.3. The van der Waals surface area contributed by atoms with Crippen LogP contribution in [-0.2, 0) is 25.8 Å². The monoisotopic (exact) mass is 561 g/mol. The minimum atomic E-state index is -1.46. The fourth-order valence-corrected chi connectivity index (χ4v) is 6.22. The number of carboxylic acids is 1. The number of nitrogens with zero attached hydrogens (tertiary/aromatic N) is 5. The van der Waals surface area contributed by atoms with Crippen LogP contribution in [0.15, 0.2) is 52.5 Å². The van der Waals surface area contributed by atoms with Gasteiger partial charge in [0.1, 0.15) is 23.7 Å². The van der Waals surface area contributed by atoms with E-state index in [-0.39, 0.29) is 35.4 Å². The van der Waals surface area contributed by atoms with Crippen LogP contribution in [0.5, 0.6) is 0 Å². The molecule has 0 bridgehead atoms. The van der Waals surface area contributed by atoms with Gasteiger partial charge < -0.3 is 30.4 Å². The number of nitrogens with two attached hydrogens (primary N) is 1. The summed E-state index contributed by atoms with van der Waals surface area (Å²) in [6, 6.07) is 2.64. The van der Waals surface area contributed by atoms with Gasteiger partial charge in [-0.3, -0.25) is 14.5 Å². The van der Waals surface area contributed by atoms with E-state index in [0.717, 1.165) is 21.9 Å². The van der Waals surface area contributed by atoms with Crippen molar-refractivity contribution in [2.24, 2.45) is 5.16 Å². The summed E-state index contributed by atoms with van der Waals surface area (Å²) < 4.78 is 3.59. The Kier molecular flexibility index (Phi) is 6.79. The number of fused-ring (bicyclic) bond motifs is 2. The van der Waals surface area contributed by atoms with Gasteiger partial charge in [0.2, 0.25) is 5.69 Å². The number of carboxylic acid groups (broad SMARTS) is 1. The van der Waals surface area contributed by atoms with Crippen LogP contribution in [0.1, 0.15) is 12.6 Å². The Balaban J connectivity index is 1.35. The molecule has 192 valence electrons. The number of oxime groups is 1. The number of amides is 2. The Labute approximate surface area is 223 Å². The van der Waals surface area contributed by atoms with Crippen molar-refractivity contribution in [1.82, 2.24) is 19.8 Å². The van der Waals surface area contributed by atoms with E-state index in [1.165, 1.54) is 11.8 Å². The summed E-state index contributed by atoms with van der Waals surface area (Å²) in [5.41, 5.74) is 6.92. The topological polar surface area (TPSA) is 159 Å². The van der Waals surface area contributed by atoms with Gasteiger partial charge in [0, 0.05) is 29.8 Å². The van der Waals surface area contributed by atoms with Gasteiger partial charge in [0.25, 0.3) is 17.0 Å². The first kappa shape index (κ1) is 25.0. The first-order valence-electron chi connectivity index (χ1n) is 11.0. The molecule has 1 fully saturated rings. The van der Waals surface area contributed by atoms with Gasteiger partial charge in [-0.05, 0) is 24.1 Å². The molecule has 0 aliphatic carbocycles. The number of halogens is 1. The van der Waals surface area contributed by atoms with Crippen LogP contribution in [0.25, 0.3) is 5.69 Å². The molecule has 3 N–H and O–H groups in total. The maximum atomic E-state index is 13.0. The Morgan fingerprint density at radius 3 is 2.95 bits per heavy atom. The number of hydrogen-bond donors (Lipinski definition) is 2. The highest BCUT2D eigenvalue weighted by atomic mass is 35.5. The maximum absolute atomic E-state index is 13.0. The van der Waals surface area contributed by atoms with Crippen LogP contribution in [0, 0.1) is 0 Å². The molecule has 0 unspecified atom stereocenters. The zero-order valence-corrected chi connectivity index (χ0v) is 21.7. The Morgan fingerprint density at radius 1 is 1.43 bits per heavy atom. The number of aliphatic carboxylic acids is 1. The smallest absolute Gasteiger partial charge is 0.281 e. The van der Waals surface area contributed by atoms with Gasteiger partial charge >= 0.3 is 0 Å². The molecular weight excluding hydrogens is 542 g/mol. The molecule has 1 aromatic heterocycles. The predicted octanol–water partition coefficient (Wildman–Crippen LogP) is -0.261. The molecule has 2 atom stereocenters. The van der Waals surface area contributed by atoms with E-state index < -0.39 is 29.2 Å². The van der Waals surface area contributed by atoms with Crippen LogP contribution >= 0.6 is 34.7 Å². The Bertz CT molecular complexity index is 1430. The van der Waals surface area contributed by atoms with Crippen molar-refractivity contribution < 1.29 is 28.9 Å². The molecule has 37 heavy (non-hydrogen) atoms. The third-order valence-corrected chi connectivity index (χ3v) is 8.09. The van der Waals surface area contributed by atoms with Crippen molar-refractivity contribution in [3.63, 3.8) is 0 Å². The van der Waals surface area contributed by atoms with Crippen LogP contribution in [0.4, 0.5) is 5.13 Å². The van der Waals surface area contributed by atoms with E-state index in [2.05, 4.69) is 15.5 Å². The van der Waals surface area contributed by atoms with E-state index >= 15 is 0 Å². The highest BCUT2D eigenvalue weighted by Crippen LogP contribution is 2.40. The fraction of sp³-hybridized carbons (Fsp3) is 0.273. The van der Waals surface area contributed by atoms with E-state index in [9.17, 15) is 19.5 Å². The molecule has 1 saturated heterocycles. The minimum absolute atomic E-state index is 0.129. The first-order valence-corrected chi connectivity index (χ1v) is 13.3. The second-order valence-electron chi connectivity index (χ2n) is 8.08. The number of β-lactam (4-membered cyclic amide) rings is 1. The third-order valence-electron chi connectivity index (χ3n) is 5.77.